The van der Waals surface area contributed by atoms with Crippen LogP contribution in [-0.2, 0) is 20.1 Å². The fourth-order valence-electron chi connectivity index (χ4n) is 5.80. The zero-order chi connectivity index (χ0) is 26.9. The average Bonchev–Trinajstić information content (AvgIpc) is 3.72. The number of pyridine rings is 1. The average molecular weight is 544 g/mol. The van der Waals surface area contributed by atoms with Gasteiger partial charge in [0.15, 0.2) is 0 Å². The minimum Gasteiger partial charge on any atom is -0.343 e. The molecule has 39 heavy (non-hydrogen) atoms. The van der Waals surface area contributed by atoms with E-state index < -0.39 is 0 Å². The van der Waals surface area contributed by atoms with Gasteiger partial charge in [-0.1, -0.05) is 48.0 Å². The third-order valence-corrected chi connectivity index (χ3v) is 8.38. The maximum Gasteiger partial charge on any atom is 0.318 e. The molecule has 0 spiro atoms. The van der Waals surface area contributed by atoms with Gasteiger partial charge in [-0.2, -0.15) is 0 Å². The lowest BCUT2D eigenvalue weighted by Gasteiger charge is -2.35. The third-order valence-electron chi connectivity index (χ3n) is 8.07. The number of urea groups is 1. The van der Waals surface area contributed by atoms with Gasteiger partial charge in [-0.3, -0.25) is 4.79 Å². The summed E-state index contributed by atoms with van der Waals surface area (Å²) in [6.45, 7) is 2.76. The molecule has 0 radical (unpaired) electrons. The molecule has 1 saturated heterocycles. The molecule has 2 atom stereocenters. The van der Waals surface area contributed by atoms with Crippen molar-refractivity contribution in [3.8, 4) is 0 Å². The molecule has 1 aliphatic carbocycles. The van der Waals surface area contributed by atoms with Gasteiger partial charge in [0.05, 0.1) is 10.5 Å². The lowest BCUT2D eigenvalue weighted by atomic mass is 9.86. The predicted octanol–water partition coefficient (Wildman–Crippen LogP) is 4.86. The van der Waals surface area contributed by atoms with Crippen LogP contribution < -0.4 is 16.2 Å². The molecular weight excluding hydrogens is 510 g/mol. The van der Waals surface area contributed by atoms with Gasteiger partial charge in [-0.25, -0.2) is 4.79 Å². The Morgan fingerprint density at radius 3 is 2.69 bits per heavy atom. The van der Waals surface area contributed by atoms with Crippen molar-refractivity contribution in [3.05, 3.63) is 105 Å². The Bertz CT molecular complexity index is 1540. The van der Waals surface area contributed by atoms with E-state index in [1.54, 1.807) is 17.7 Å². The van der Waals surface area contributed by atoms with Crippen LogP contribution in [0.25, 0.3) is 10.9 Å². The molecule has 0 bridgehead atoms. The van der Waals surface area contributed by atoms with Crippen LogP contribution in [0.3, 0.4) is 0 Å². The van der Waals surface area contributed by atoms with E-state index in [-0.39, 0.29) is 29.6 Å². The first-order valence-corrected chi connectivity index (χ1v) is 14.1. The number of amides is 2. The van der Waals surface area contributed by atoms with Crippen molar-refractivity contribution in [2.24, 2.45) is 7.05 Å². The van der Waals surface area contributed by atoms with Gasteiger partial charge in [-0.15, -0.1) is 0 Å². The molecule has 202 valence electrons. The first kappa shape index (κ1) is 25.7. The highest BCUT2D eigenvalue weighted by atomic mass is 35.5. The zero-order valence-corrected chi connectivity index (χ0v) is 22.9. The van der Waals surface area contributed by atoms with Crippen LogP contribution in [0.5, 0.6) is 0 Å². The number of nitrogens with one attached hydrogen (secondary N) is 2. The second-order valence-electron chi connectivity index (χ2n) is 10.8. The van der Waals surface area contributed by atoms with E-state index in [0.29, 0.717) is 18.1 Å². The Balaban J connectivity index is 1.26. The summed E-state index contributed by atoms with van der Waals surface area (Å²) in [6, 6.07) is 20.1. The highest BCUT2D eigenvalue weighted by molar-refractivity contribution is 6.35. The smallest absolute Gasteiger partial charge is 0.318 e. The second kappa shape index (κ2) is 10.9. The summed E-state index contributed by atoms with van der Waals surface area (Å²) in [4.78, 5) is 28.1. The molecule has 4 aromatic rings. The molecule has 1 saturated carbocycles. The lowest BCUT2D eigenvalue weighted by Crippen LogP contribution is -2.53. The molecule has 2 aromatic carbocycles. The molecule has 2 aliphatic rings. The van der Waals surface area contributed by atoms with Crippen molar-refractivity contribution < 1.29 is 4.79 Å². The summed E-state index contributed by atoms with van der Waals surface area (Å²) in [5, 5.41) is 8.46. The minimum absolute atomic E-state index is 0.0283. The number of piperidine rings is 1. The summed E-state index contributed by atoms with van der Waals surface area (Å²) in [7, 11) is 1.75. The number of rotatable bonds is 7. The topological polar surface area (TPSA) is 71.3 Å². The zero-order valence-electron chi connectivity index (χ0n) is 22.1. The molecule has 2 N–H and O–H groups in total. The van der Waals surface area contributed by atoms with E-state index in [0.717, 1.165) is 54.4 Å². The quantitative estimate of drug-likeness (QED) is 0.350. The first-order valence-electron chi connectivity index (χ1n) is 13.7. The number of benzene rings is 2. The number of carbonyl (C=O) groups excluding carboxylic acids is 1. The van der Waals surface area contributed by atoms with Gasteiger partial charge >= 0.3 is 6.03 Å². The summed E-state index contributed by atoms with van der Waals surface area (Å²) >= 11 is 6.74. The van der Waals surface area contributed by atoms with Gasteiger partial charge < -0.3 is 24.7 Å². The molecule has 2 aromatic heterocycles. The number of aromatic nitrogens is 2. The number of fused-ring (bicyclic) bond motifs is 1. The van der Waals surface area contributed by atoms with Crippen LogP contribution in [0.2, 0.25) is 5.02 Å². The predicted molar refractivity (Wildman–Crippen MR) is 155 cm³/mol. The summed E-state index contributed by atoms with van der Waals surface area (Å²) in [5.74, 6) is 0.0902. The van der Waals surface area contributed by atoms with Crippen LogP contribution >= 0.6 is 11.6 Å². The van der Waals surface area contributed by atoms with Gasteiger partial charge in [0, 0.05) is 68.5 Å². The molecule has 8 heteroatoms. The van der Waals surface area contributed by atoms with Gasteiger partial charge in [0.2, 0.25) is 0 Å². The van der Waals surface area contributed by atoms with Gasteiger partial charge in [-0.05, 0) is 60.7 Å². The normalized spacial score (nSPS) is 19.2. The van der Waals surface area contributed by atoms with E-state index in [1.807, 2.05) is 35.4 Å². The Morgan fingerprint density at radius 2 is 1.92 bits per heavy atom. The molecule has 6 rings (SSSR count). The molecule has 3 heterocycles. The van der Waals surface area contributed by atoms with E-state index in [4.69, 9.17) is 11.6 Å². The fraction of sp³-hybridized carbons (Fsp3) is 0.355. The second-order valence-corrected chi connectivity index (χ2v) is 11.2. The Hall–Kier alpha value is -3.55. The molecule has 2 amide bonds. The van der Waals surface area contributed by atoms with E-state index in [2.05, 4.69) is 51.7 Å². The minimum atomic E-state index is -0.0948. The highest BCUT2D eigenvalue weighted by Crippen LogP contribution is 2.34. The van der Waals surface area contributed by atoms with Crippen molar-refractivity contribution in [1.82, 2.24) is 24.7 Å². The number of hydrogen-bond acceptors (Lipinski definition) is 3. The van der Waals surface area contributed by atoms with Crippen molar-refractivity contribution in [1.29, 1.82) is 0 Å². The number of nitrogens with zero attached hydrogens (tertiary/aromatic N) is 3. The molecule has 0 unspecified atom stereocenters. The van der Waals surface area contributed by atoms with E-state index >= 15 is 0 Å². The van der Waals surface area contributed by atoms with Crippen molar-refractivity contribution >= 4 is 28.5 Å². The standard InChI is InChI=1S/C31H34ClN5O2/c1-35-15-13-22(16-29(35)38)25-12-14-33-17-27(25)34-31(39)37(24-10-11-24)20-23-19-36(18-21-6-3-2-4-7-21)28-9-5-8-26(32)30(23)28/h2-9,13,15-16,19,24-25,27,33H,10-12,14,17-18,20H2,1H3,(H,34,39)/t25-,27+/m0/s1. The maximum absolute atomic E-state index is 13.8. The fourth-order valence-corrected chi connectivity index (χ4v) is 6.10. The first-order chi connectivity index (χ1) is 19.0. The lowest BCUT2D eigenvalue weighted by molar-refractivity contribution is 0.183. The van der Waals surface area contributed by atoms with Crippen molar-refractivity contribution in [2.75, 3.05) is 13.1 Å². The van der Waals surface area contributed by atoms with E-state index in [1.165, 1.54) is 5.56 Å². The van der Waals surface area contributed by atoms with Crippen LogP contribution in [0, 0.1) is 0 Å². The van der Waals surface area contributed by atoms with E-state index in [9.17, 15) is 9.59 Å². The summed E-state index contributed by atoms with van der Waals surface area (Å²) < 4.78 is 3.80. The monoisotopic (exact) mass is 543 g/mol. The van der Waals surface area contributed by atoms with Crippen LogP contribution in [0.1, 0.15) is 41.9 Å². The number of carbonyl (C=O) groups is 1. The SMILES string of the molecule is Cn1ccc([C@@H]2CCNC[C@H]2NC(=O)N(Cc2cn(Cc3ccccc3)c3cccc(Cl)c23)C2CC2)cc1=O. The maximum atomic E-state index is 13.8. The number of hydrogen-bond donors (Lipinski definition) is 2. The molecule has 1 aliphatic heterocycles. The van der Waals surface area contributed by atoms with Crippen LogP contribution in [0.4, 0.5) is 4.79 Å². The molecule has 7 nitrogen and oxygen atoms in total. The molecular formula is C31H34ClN5O2. The Labute approximate surface area is 233 Å². The Morgan fingerprint density at radius 1 is 1.10 bits per heavy atom. The van der Waals surface area contributed by atoms with Crippen LogP contribution in [-0.4, -0.2) is 45.2 Å². The van der Waals surface area contributed by atoms with Crippen LogP contribution in [0.15, 0.2) is 77.9 Å². The summed E-state index contributed by atoms with van der Waals surface area (Å²) in [5.41, 5.74) is 4.29. The summed E-state index contributed by atoms with van der Waals surface area (Å²) in [6.07, 6.45) is 6.83. The number of aryl methyl sites for hydroxylation is 1. The largest absolute Gasteiger partial charge is 0.343 e. The van der Waals surface area contributed by atoms with Crippen molar-refractivity contribution in [3.63, 3.8) is 0 Å². The number of halogens is 1. The Kier molecular flexibility index (Phi) is 7.19. The van der Waals surface area contributed by atoms with Crippen molar-refractivity contribution in [2.45, 2.75) is 50.4 Å². The highest BCUT2D eigenvalue weighted by Gasteiger charge is 2.36. The van der Waals surface area contributed by atoms with Gasteiger partial charge in [0.25, 0.3) is 5.56 Å². The van der Waals surface area contributed by atoms with Gasteiger partial charge in [0.1, 0.15) is 0 Å². The molecule has 2 fully saturated rings. The third kappa shape index (κ3) is 5.47.